The molecule has 5 aromatic carbocycles. The molecule has 2 unspecified atom stereocenters. The number of rotatable bonds is 1. The van der Waals surface area contributed by atoms with Crippen molar-refractivity contribution in [1.29, 1.82) is 0 Å². The van der Waals surface area contributed by atoms with Gasteiger partial charge >= 0.3 is 0 Å². The molecular weight excluding hydrogens is 537 g/mol. The van der Waals surface area contributed by atoms with Crippen molar-refractivity contribution in [2.24, 2.45) is 0 Å². The van der Waals surface area contributed by atoms with Crippen molar-refractivity contribution in [2.75, 3.05) is 4.90 Å². The van der Waals surface area contributed by atoms with E-state index in [0.29, 0.717) is 0 Å². The smallest absolute Gasteiger partial charge is 0.206 e. The molecule has 42 heavy (non-hydrogen) atoms. The summed E-state index contributed by atoms with van der Waals surface area (Å²) in [5.41, 5.74) is 12.1. The second kappa shape index (κ2) is 7.33. The number of hydrogen-bond donors (Lipinski definition) is 0. The van der Waals surface area contributed by atoms with Crippen LogP contribution in [-0.2, 0) is 0 Å². The predicted molar refractivity (Wildman–Crippen MR) is 172 cm³/mol. The fourth-order valence-corrected chi connectivity index (χ4v) is 10.8. The standard InChI is InChI=1S/C36H21N3O2P/c1-2-9-21(10-3-1)37-26-17-19-30-32-35(26)42-34-24(38(32)22-11-4-6-15-28(22)40-30)13-8-14-25(34)39-23-12-5-7-16-29(23)41-31-20-18-27(37)36(42)33(31)39/h1-20,26H/q+1. The molecular formula is C36H21N3O2P+. The van der Waals surface area contributed by atoms with Crippen LogP contribution in [0.15, 0.2) is 124 Å². The Hall–Kier alpha value is -5.25. The van der Waals surface area contributed by atoms with Crippen LogP contribution in [0, 0.1) is 0 Å². The van der Waals surface area contributed by atoms with E-state index in [1.807, 2.05) is 0 Å². The first-order chi connectivity index (χ1) is 20.9. The maximum atomic E-state index is 6.64. The average molecular weight is 559 g/mol. The van der Waals surface area contributed by atoms with E-state index in [4.69, 9.17) is 8.83 Å². The van der Waals surface area contributed by atoms with Crippen LogP contribution in [0.2, 0.25) is 0 Å². The van der Waals surface area contributed by atoms with Crippen molar-refractivity contribution in [3.05, 3.63) is 126 Å². The zero-order valence-corrected chi connectivity index (χ0v) is 23.1. The summed E-state index contributed by atoms with van der Waals surface area (Å²) in [6, 6.07) is 38.9. The van der Waals surface area contributed by atoms with E-state index in [1.54, 1.807) is 0 Å². The summed E-state index contributed by atoms with van der Waals surface area (Å²) >= 11 is 0. The van der Waals surface area contributed by atoms with Crippen LogP contribution in [0.5, 0.6) is 0 Å². The first-order valence-electron chi connectivity index (χ1n) is 14.2. The molecule has 11 rings (SSSR count). The van der Waals surface area contributed by atoms with Crippen molar-refractivity contribution in [3.8, 4) is 0 Å². The highest BCUT2D eigenvalue weighted by Gasteiger charge is 2.44. The number of nitrogens with zero attached hydrogens (tertiary/aromatic N) is 3. The van der Waals surface area contributed by atoms with Crippen molar-refractivity contribution in [2.45, 2.75) is 6.04 Å². The van der Waals surface area contributed by atoms with Crippen LogP contribution in [0.3, 0.4) is 0 Å². The van der Waals surface area contributed by atoms with E-state index in [0.717, 1.165) is 39.1 Å². The van der Waals surface area contributed by atoms with Crippen molar-refractivity contribution < 1.29 is 8.83 Å². The van der Waals surface area contributed by atoms with Crippen LogP contribution in [0.1, 0.15) is 17.1 Å². The molecule has 4 aromatic heterocycles. The number of benzene rings is 5. The highest BCUT2D eigenvalue weighted by atomic mass is 31.1. The van der Waals surface area contributed by atoms with Crippen LogP contribution in [-0.4, -0.2) is 8.80 Å². The molecule has 0 bridgehead atoms. The molecule has 0 saturated heterocycles. The van der Waals surface area contributed by atoms with Crippen LogP contribution >= 0.6 is 7.34 Å². The third kappa shape index (κ3) is 2.39. The van der Waals surface area contributed by atoms with Gasteiger partial charge in [-0.2, -0.15) is 0 Å². The third-order valence-electron chi connectivity index (χ3n) is 9.11. The summed E-state index contributed by atoms with van der Waals surface area (Å²) < 4.78 is 18.2. The van der Waals surface area contributed by atoms with Gasteiger partial charge < -0.3 is 13.7 Å². The lowest BCUT2D eigenvalue weighted by Crippen LogP contribution is -2.26. The minimum atomic E-state index is -0.876. The highest BCUT2D eigenvalue weighted by Crippen LogP contribution is 2.62. The van der Waals surface area contributed by atoms with Crippen LogP contribution in [0.25, 0.3) is 66.2 Å². The first-order valence-corrected chi connectivity index (χ1v) is 15.6. The Morgan fingerprint density at radius 3 is 2.00 bits per heavy atom. The van der Waals surface area contributed by atoms with Crippen molar-refractivity contribution >= 4 is 84.9 Å². The van der Waals surface area contributed by atoms with E-state index in [9.17, 15) is 0 Å². The minimum absolute atomic E-state index is 0.0590. The molecule has 0 spiro atoms. The lowest BCUT2D eigenvalue weighted by molar-refractivity contribution is 0.589. The quantitative estimate of drug-likeness (QED) is 0.149. The molecule has 0 fully saturated rings. The SMILES string of the molecule is C1=CC2c3c4c1oc1ccccc1n4c1cccc4c1[p+]3c1c(ccc3oc5ccccc5n4c31)N2c1ccccc1. The maximum absolute atomic E-state index is 6.64. The van der Waals surface area contributed by atoms with Crippen molar-refractivity contribution in [1.82, 2.24) is 8.80 Å². The summed E-state index contributed by atoms with van der Waals surface area (Å²) in [6.07, 6.45) is 4.52. The molecule has 196 valence electrons. The zero-order chi connectivity index (χ0) is 27.1. The van der Waals surface area contributed by atoms with E-state index in [-0.39, 0.29) is 6.04 Å². The summed E-state index contributed by atoms with van der Waals surface area (Å²) in [7, 11) is -0.876. The van der Waals surface area contributed by atoms with Gasteiger partial charge in [0.1, 0.15) is 17.1 Å². The molecule has 1 aliphatic carbocycles. The second-order valence-electron chi connectivity index (χ2n) is 11.2. The Morgan fingerprint density at radius 2 is 1.21 bits per heavy atom. The second-order valence-corrected chi connectivity index (χ2v) is 13.2. The predicted octanol–water partition coefficient (Wildman–Crippen LogP) is 10.5. The van der Waals surface area contributed by atoms with Gasteiger partial charge in [-0.1, -0.05) is 48.5 Å². The number of hydrogen-bond acceptors (Lipinski definition) is 3. The molecule has 0 amide bonds. The Labute approximate surface area is 239 Å². The molecule has 5 nitrogen and oxygen atoms in total. The molecule has 2 aliphatic rings. The largest absolute Gasteiger partial charge is 0.453 e. The Balaban J connectivity index is 1.53. The Morgan fingerprint density at radius 1 is 0.548 bits per heavy atom. The van der Waals surface area contributed by atoms with Gasteiger partial charge in [0.05, 0.1) is 27.8 Å². The van der Waals surface area contributed by atoms with Gasteiger partial charge in [-0.15, -0.1) is 0 Å². The number of para-hydroxylation sites is 5. The van der Waals surface area contributed by atoms with Gasteiger partial charge in [0, 0.05) is 5.69 Å². The summed E-state index contributed by atoms with van der Waals surface area (Å²) in [5, 5.41) is 4.17. The van der Waals surface area contributed by atoms with E-state index in [2.05, 4.69) is 135 Å². The van der Waals surface area contributed by atoms with Crippen LogP contribution < -0.4 is 4.90 Å². The van der Waals surface area contributed by atoms with E-state index in [1.165, 1.54) is 43.5 Å². The lowest BCUT2D eigenvalue weighted by Gasteiger charge is -2.35. The highest BCUT2D eigenvalue weighted by molar-refractivity contribution is 7.59. The molecule has 0 N–H and O–H groups in total. The number of fused-ring (bicyclic) bond motifs is 6. The lowest BCUT2D eigenvalue weighted by atomic mass is 10.0. The molecule has 9 aromatic rings. The van der Waals surface area contributed by atoms with Gasteiger partial charge in [-0.25, -0.2) is 0 Å². The minimum Gasteiger partial charge on any atom is -0.453 e. The molecule has 1 aliphatic heterocycles. The third-order valence-corrected chi connectivity index (χ3v) is 11.9. The summed E-state index contributed by atoms with van der Waals surface area (Å²) in [5.74, 6) is 0.920. The van der Waals surface area contributed by atoms with E-state index >= 15 is 0 Å². The Kier molecular flexibility index (Phi) is 3.75. The van der Waals surface area contributed by atoms with Gasteiger partial charge in [0.2, 0.25) is 10.2 Å². The van der Waals surface area contributed by atoms with Crippen molar-refractivity contribution in [3.63, 3.8) is 0 Å². The van der Waals surface area contributed by atoms with Gasteiger partial charge in [-0.3, -0.25) is 8.80 Å². The molecule has 2 atom stereocenters. The molecule has 5 heterocycles. The molecule has 0 saturated carbocycles. The average Bonchev–Trinajstić information content (AvgIpc) is 3.05. The Bertz CT molecular complexity index is 2710. The molecule has 6 heteroatoms. The maximum Gasteiger partial charge on any atom is 0.206 e. The topological polar surface area (TPSA) is 38.3 Å². The fourth-order valence-electron chi connectivity index (χ4n) is 7.57. The van der Waals surface area contributed by atoms with Gasteiger partial charge in [0.25, 0.3) is 0 Å². The monoisotopic (exact) mass is 558 g/mol. The summed E-state index contributed by atoms with van der Waals surface area (Å²) in [6.45, 7) is 0. The van der Waals surface area contributed by atoms with E-state index < -0.39 is 7.34 Å². The number of aromatic nitrogens is 2. The van der Waals surface area contributed by atoms with Gasteiger partial charge in [-0.05, 0) is 72.8 Å². The molecule has 0 radical (unpaired) electrons. The zero-order valence-electron chi connectivity index (χ0n) is 22.2. The van der Waals surface area contributed by atoms with Crippen LogP contribution in [0.4, 0.5) is 11.4 Å². The fraction of sp³-hybridized carbons (Fsp3) is 0.0278. The van der Waals surface area contributed by atoms with Gasteiger partial charge in [0.15, 0.2) is 35.1 Å². The normalized spacial score (nSPS) is 16.1. The number of anilines is 2. The first kappa shape index (κ1) is 21.5. The summed E-state index contributed by atoms with van der Waals surface area (Å²) in [4.78, 5) is 2.51.